The van der Waals surface area contributed by atoms with Crippen molar-refractivity contribution in [1.82, 2.24) is 20.4 Å². The highest BCUT2D eigenvalue weighted by molar-refractivity contribution is 5.94. The van der Waals surface area contributed by atoms with Gasteiger partial charge in [-0.1, -0.05) is 19.3 Å². The molecule has 2 amide bonds. The molecule has 7 heteroatoms. The van der Waals surface area contributed by atoms with E-state index >= 15 is 0 Å². The molecule has 2 aliphatic rings. The van der Waals surface area contributed by atoms with Crippen molar-refractivity contribution < 1.29 is 14.3 Å². The van der Waals surface area contributed by atoms with Gasteiger partial charge in [-0.15, -0.1) is 0 Å². The summed E-state index contributed by atoms with van der Waals surface area (Å²) in [6.45, 7) is 0.670. The van der Waals surface area contributed by atoms with Crippen molar-refractivity contribution in [3.8, 4) is 0 Å². The van der Waals surface area contributed by atoms with E-state index in [4.69, 9.17) is 4.74 Å². The van der Waals surface area contributed by atoms with Gasteiger partial charge in [0.05, 0.1) is 23.9 Å². The van der Waals surface area contributed by atoms with Gasteiger partial charge in [-0.3, -0.25) is 14.3 Å². The normalized spacial score (nSPS) is 19.9. The van der Waals surface area contributed by atoms with E-state index < -0.39 is 0 Å². The van der Waals surface area contributed by atoms with Crippen molar-refractivity contribution in [2.24, 2.45) is 0 Å². The Kier molecular flexibility index (Phi) is 5.73. The number of carbonyl (C=O) groups excluding carboxylic acids is 2. The van der Waals surface area contributed by atoms with E-state index in [1.54, 1.807) is 13.3 Å². The van der Waals surface area contributed by atoms with Crippen LogP contribution in [0.4, 0.5) is 0 Å². The third-order valence-electron chi connectivity index (χ3n) is 5.28. The zero-order chi connectivity index (χ0) is 17.7. The molecule has 0 bridgehead atoms. The van der Waals surface area contributed by atoms with Gasteiger partial charge in [0.2, 0.25) is 5.91 Å². The first-order valence-electron chi connectivity index (χ1n) is 9.23. The lowest BCUT2D eigenvalue weighted by atomic mass is 9.77. The largest absolute Gasteiger partial charge is 0.382 e. The minimum absolute atomic E-state index is 0.0446. The van der Waals surface area contributed by atoms with Gasteiger partial charge in [-0.25, -0.2) is 0 Å². The molecule has 2 saturated carbocycles. The number of ether oxygens (including phenoxy) is 1. The van der Waals surface area contributed by atoms with Crippen LogP contribution < -0.4 is 10.6 Å². The second-order valence-corrected chi connectivity index (χ2v) is 7.35. The van der Waals surface area contributed by atoms with Gasteiger partial charge >= 0.3 is 0 Å². The molecule has 7 nitrogen and oxygen atoms in total. The second kappa shape index (κ2) is 7.99. The molecule has 3 rings (SSSR count). The number of aromatic nitrogens is 2. The average Bonchev–Trinajstić information content (AvgIpc) is 3.02. The number of amides is 2. The summed E-state index contributed by atoms with van der Waals surface area (Å²) in [6.07, 6.45) is 11.9. The Labute approximate surface area is 148 Å². The first-order chi connectivity index (χ1) is 12.1. The Balaban J connectivity index is 1.51. The maximum atomic E-state index is 12.4. The van der Waals surface area contributed by atoms with Gasteiger partial charge in [0.25, 0.3) is 5.91 Å². The standard InChI is InChI=1S/C18H28N4O3/c1-25-13-18(8-5-9-18)21-17(24)14-10-19-22(11-14)12-16(23)20-15-6-3-2-4-7-15/h10-11,15H,2-9,12-13H2,1H3,(H,20,23)(H,21,24). The van der Waals surface area contributed by atoms with Crippen LogP contribution in [-0.2, 0) is 16.1 Å². The Morgan fingerprint density at radius 2 is 2.04 bits per heavy atom. The molecule has 25 heavy (non-hydrogen) atoms. The first-order valence-corrected chi connectivity index (χ1v) is 9.23. The van der Waals surface area contributed by atoms with Crippen LogP contribution in [0, 0.1) is 0 Å². The Bertz CT molecular complexity index is 603. The lowest BCUT2D eigenvalue weighted by Crippen LogP contribution is -2.56. The van der Waals surface area contributed by atoms with E-state index in [9.17, 15) is 9.59 Å². The van der Waals surface area contributed by atoms with Crippen LogP contribution >= 0.6 is 0 Å². The Morgan fingerprint density at radius 3 is 2.68 bits per heavy atom. The molecule has 1 heterocycles. The summed E-state index contributed by atoms with van der Waals surface area (Å²) >= 11 is 0. The van der Waals surface area contributed by atoms with Crippen molar-refractivity contribution in [2.75, 3.05) is 13.7 Å². The molecular weight excluding hydrogens is 320 g/mol. The van der Waals surface area contributed by atoms with E-state index in [2.05, 4.69) is 15.7 Å². The monoisotopic (exact) mass is 348 g/mol. The molecule has 0 unspecified atom stereocenters. The highest BCUT2D eigenvalue weighted by Gasteiger charge is 2.38. The molecule has 138 valence electrons. The summed E-state index contributed by atoms with van der Waals surface area (Å²) in [6, 6.07) is 0.284. The fraction of sp³-hybridized carbons (Fsp3) is 0.722. The Morgan fingerprint density at radius 1 is 1.28 bits per heavy atom. The molecule has 0 atom stereocenters. The zero-order valence-corrected chi connectivity index (χ0v) is 14.9. The summed E-state index contributed by atoms with van der Waals surface area (Å²) in [5.74, 6) is -0.201. The van der Waals surface area contributed by atoms with Gasteiger partial charge in [-0.2, -0.15) is 5.10 Å². The fourth-order valence-corrected chi connectivity index (χ4v) is 3.73. The summed E-state index contributed by atoms with van der Waals surface area (Å²) in [5, 5.41) is 10.3. The molecule has 0 spiro atoms. The minimum Gasteiger partial charge on any atom is -0.382 e. The molecule has 0 saturated heterocycles. The van der Waals surface area contributed by atoms with Crippen LogP contribution in [0.5, 0.6) is 0 Å². The van der Waals surface area contributed by atoms with Crippen LogP contribution in [-0.4, -0.2) is 46.9 Å². The van der Waals surface area contributed by atoms with Crippen LogP contribution in [0.3, 0.4) is 0 Å². The van der Waals surface area contributed by atoms with E-state index in [-0.39, 0.29) is 29.9 Å². The number of methoxy groups -OCH3 is 1. The van der Waals surface area contributed by atoms with Crippen molar-refractivity contribution in [2.45, 2.75) is 69.5 Å². The zero-order valence-electron chi connectivity index (χ0n) is 14.9. The van der Waals surface area contributed by atoms with Crippen molar-refractivity contribution in [1.29, 1.82) is 0 Å². The molecule has 2 aliphatic carbocycles. The molecule has 0 radical (unpaired) electrons. The topological polar surface area (TPSA) is 85.2 Å². The number of nitrogens with one attached hydrogen (secondary N) is 2. The minimum atomic E-state index is -0.244. The molecule has 0 aliphatic heterocycles. The third-order valence-corrected chi connectivity index (χ3v) is 5.28. The lowest BCUT2D eigenvalue weighted by molar-refractivity contribution is -0.122. The summed E-state index contributed by atoms with van der Waals surface area (Å²) in [5.41, 5.74) is 0.236. The predicted molar refractivity (Wildman–Crippen MR) is 93.2 cm³/mol. The molecule has 2 fully saturated rings. The number of hydrogen-bond donors (Lipinski definition) is 2. The van der Waals surface area contributed by atoms with E-state index in [1.807, 2.05) is 0 Å². The van der Waals surface area contributed by atoms with Gasteiger partial charge in [0.1, 0.15) is 6.54 Å². The van der Waals surface area contributed by atoms with Crippen LogP contribution in [0.25, 0.3) is 0 Å². The second-order valence-electron chi connectivity index (χ2n) is 7.35. The highest BCUT2D eigenvalue weighted by atomic mass is 16.5. The van der Waals surface area contributed by atoms with Crippen molar-refractivity contribution in [3.63, 3.8) is 0 Å². The quantitative estimate of drug-likeness (QED) is 0.784. The number of rotatable bonds is 7. The summed E-state index contributed by atoms with van der Waals surface area (Å²) < 4.78 is 6.75. The molecule has 0 aromatic carbocycles. The van der Waals surface area contributed by atoms with Crippen molar-refractivity contribution in [3.05, 3.63) is 18.0 Å². The molecule has 1 aromatic rings. The van der Waals surface area contributed by atoms with Crippen LogP contribution in [0.2, 0.25) is 0 Å². The lowest BCUT2D eigenvalue weighted by Gasteiger charge is -2.41. The number of hydrogen-bond acceptors (Lipinski definition) is 4. The number of carbonyl (C=O) groups is 2. The van der Waals surface area contributed by atoms with Gasteiger partial charge in [0.15, 0.2) is 0 Å². The average molecular weight is 348 g/mol. The van der Waals surface area contributed by atoms with Gasteiger partial charge in [0, 0.05) is 19.3 Å². The van der Waals surface area contributed by atoms with Gasteiger partial charge < -0.3 is 15.4 Å². The molecule has 2 N–H and O–H groups in total. The molecule has 1 aromatic heterocycles. The van der Waals surface area contributed by atoms with E-state index in [0.717, 1.165) is 32.1 Å². The van der Waals surface area contributed by atoms with Crippen LogP contribution in [0.1, 0.15) is 61.7 Å². The smallest absolute Gasteiger partial charge is 0.254 e. The van der Waals surface area contributed by atoms with Crippen molar-refractivity contribution >= 4 is 11.8 Å². The fourth-order valence-electron chi connectivity index (χ4n) is 3.73. The molecular formula is C18H28N4O3. The maximum Gasteiger partial charge on any atom is 0.254 e. The van der Waals surface area contributed by atoms with Crippen LogP contribution in [0.15, 0.2) is 12.4 Å². The third kappa shape index (κ3) is 4.60. The maximum absolute atomic E-state index is 12.4. The number of nitrogens with zero attached hydrogens (tertiary/aromatic N) is 2. The first kappa shape index (κ1) is 17.9. The summed E-state index contributed by atoms with van der Waals surface area (Å²) in [4.78, 5) is 24.6. The predicted octanol–water partition coefficient (Wildman–Crippen LogP) is 1.63. The van der Waals surface area contributed by atoms with Gasteiger partial charge in [-0.05, 0) is 32.1 Å². The summed E-state index contributed by atoms with van der Waals surface area (Å²) in [7, 11) is 1.65. The van der Waals surface area contributed by atoms with E-state index in [0.29, 0.717) is 12.2 Å². The van der Waals surface area contributed by atoms with E-state index in [1.165, 1.54) is 30.1 Å². The highest BCUT2D eigenvalue weighted by Crippen LogP contribution is 2.32. The SMILES string of the molecule is COCC1(NC(=O)c2cnn(CC(=O)NC3CCCCC3)c2)CCC1. The Hall–Kier alpha value is -1.89.